The molecule has 0 heterocycles. The number of methoxy groups -OCH3 is 1. The first kappa shape index (κ1) is 14.9. The number of ether oxygens (including phenoxy) is 1. The van der Waals surface area contributed by atoms with E-state index in [1.807, 2.05) is 0 Å². The van der Waals surface area contributed by atoms with Crippen LogP contribution in [0.25, 0.3) is 0 Å². The maximum Gasteiger partial charge on any atom is 0.0628 e. The molecule has 0 aromatic heterocycles. The van der Waals surface area contributed by atoms with Crippen molar-refractivity contribution in [2.45, 2.75) is 58.0 Å². The largest absolute Gasteiger partial charge is 0.383 e. The molecule has 0 bridgehead atoms. The Morgan fingerprint density at radius 3 is 2.53 bits per heavy atom. The second-order valence-corrected chi connectivity index (χ2v) is 5.13. The highest BCUT2D eigenvalue weighted by Gasteiger charge is 2.23. The van der Waals surface area contributed by atoms with Crippen molar-refractivity contribution in [3.8, 4) is 0 Å². The summed E-state index contributed by atoms with van der Waals surface area (Å²) >= 11 is 0. The molecule has 0 amide bonds. The minimum atomic E-state index is 0.487. The standard InChI is InChI=1S/C14H30N2O/c1-4-10-15-13(12-17-3)11-16(5-2)14-8-6-7-9-14/h13-15H,4-12H2,1-3H3. The Bertz CT molecular complexity index is 181. The maximum absolute atomic E-state index is 5.32. The molecule has 1 N–H and O–H groups in total. The van der Waals surface area contributed by atoms with Crippen LogP contribution in [-0.4, -0.2) is 50.3 Å². The molecule has 102 valence electrons. The topological polar surface area (TPSA) is 24.5 Å². The summed E-state index contributed by atoms with van der Waals surface area (Å²) in [7, 11) is 1.80. The minimum absolute atomic E-state index is 0.487. The van der Waals surface area contributed by atoms with Gasteiger partial charge in [0.2, 0.25) is 0 Å². The second kappa shape index (κ2) is 8.90. The lowest BCUT2D eigenvalue weighted by atomic mass is 10.1. The van der Waals surface area contributed by atoms with Crippen LogP contribution in [0.2, 0.25) is 0 Å². The lowest BCUT2D eigenvalue weighted by Gasteiger charge is -2.31. The van der Waals surface area contributed by atoms with Crippen LogP contribution in [0.5, 0.6) is 0 Å². The Hall–Kier alpha value is -0.120. The van der Waals surface area contributed by atoms with Crippen molar-refractivity contribution in [1.82, 2.24) is 10.2 Å². The summed E-state index contributed by atoms with van der Waals surface area (Å²) in [5.41, 5.74) is 0. The number of hydrogen-bond donors (Lipinski definition) is 1. The van der Waals surface area contributed by atoms with E-state index in [9.17, 15) is 0 Å². The van der Waals surface area contributed by atoms with Gasteiger partial charge >= 0.3 is 0 Å². The summed E-state index contributed by atoms with van der Waals surface area (Å²) in [6.45, 7) is 8.71. The molecule has 1 fully saturated rings. The molecule has 1 unspecified atom stereocenters. The molecule has 1 aliphatic rings. The molecule has 0 radical (unpaired) electrons. The Labute approximate surface area is 107 Å². The quantitative estimate of drug-likeness (QED) is 0.671. The molecule has 0 aromatic carbocycles. The number of rotatable bonds is 9. The van der Waals surface area contributed by atoms with Crippen molar-refractivity contribution >= 4 is 0 Å². The molecule has 0 aliphatic heterocycles. The first-order chi connectivity index (χ1) is 8.31. The lowest BCUT2D eigenvalue weighted by molar-refractivity contribution is 0.122. The number of nitrogens with one attached hydrogen (secondary N) is 1. The van der Waals surface area contributed by atoms with Gasteiger partial charge in [0.15, 0.2) is 0 Å². The molecule has 0 spiro atoms. The summed E-state index contributed by atoms with van der Waals surface area (Å²) in [6.07, 6.45) is 6.80. The van der Waals surface area contributed by atoms with Crippen LogP contribution in [0, 0.1) is 0 Å². The van der Waals surface area contributed by atoms with Crippen molar-refractivity contribution in [1.29, 1.82) is 0 Å². The van der Waals surface area contributed by atoms with Crippen LogP contribution >= 0.6 is 0 Å². The first-order valence-electron chi connectivity index (χ1n) is 7.28. The van der Waals surface area contributed by atoms with Crippen molar-refractivity contribution in [2.75, 3.05) is 33.4 Å². The average Bonchev–Trinajstić information content (AvgIpc) is 2.86. The fraction of sp³-hybridized carbons (Fsp3) is 1.00. The third-order valence-corrected chi connectivity index (χ3v) is 3.75. The molecule has 1 aliphatic carbocycles. The molecule has 3 nitrogen and oxygen atoms in total. The van der Waals surface area contributed by atoms with E-state index in [1.54, 1.807) is 7.11 Å². The fourth-order valence-corrected chi connectivity index (χ4v) is 2.81. The van der Waals surface area contributed by atoms with Gasteiger partial charge in [-0.15, -0.1) is 0 Å². The van der Waals surface area contributed by atoms with Gasteiger partial charge in [0.05, 0.1) is 6.61 Å². The van der Waals surface area contributed by atoms with Crippen LogP contribution in [-0.2, 0) is 4.74 Å². The van der Waals surface area contributed by atoms with Gasteiger partial charge in [-0.2, -0.15) is 0 Å². The smallest absolute Gasteiger partial charge is 0.0628 e. The Balaban J connectivity index is 2.37. The number of hydrogen-bond acceptors (Lipinski definition) is 3. The van der Waals surface area contributed by atoms with Gasteiger partial charge in [0.25, 0.3) is 0 Å². The molecule has 1 atom stereocenters. The molecular formula is C14H30N2O. The Morgan fingerprint density at radius 1 is 1.29 bits per heavy atom. The first-order valence-corrected chi connectivity index (χ1v) is 7.28. The fourth-order valence-electron chi connectivity index (χ4n) is 2.81. The van der Waals surface area contributed by atoms with Gasteiger partial charge in [-0.3, -0.25) is 4.90 Å². The van der Waals surface area contributed by atoms with E-state index in [1.165, 1.54) is 38.6 Å². The predicted octanol–water partition coefficient (Wildman–Crippen LogP) is 2.27. The maximum atomic E-state index is 5.32. The number of nitrogens with zero attached hydrogens (tertiary/aromatic N) is 1. The van der Waals surface area contributed by atoms with Crippen molar-refractivity contribution < 1.29 is 4.74 Å². The van der Waals surface area contributed by atoms with E-state index >= 15 is 0 Å². The van der Waals surface area contributed by atoms with Gasteiger partial charge < -0.3 is 10.1 Å². The van der Waals surface area contributed by atoms with Crippen molar-refractivity contribution in [2.24, 2.45) is 0 Å². The summed E-state index contributed by atoms with van der Waals surface area (Å²) in [6, 6.07) is 1.31. The summed E-state index contributed by atoms with van der Waals surface area (Å²) < 4.78 is 5.32. The third kappa shape index (κ3) is 5.36. The second-order valence-electron chi connectivity index (χ2n) is 5.13. The van der Waals surface area contributed by atoms with Crippen molar-refractivity contribution in [3.05, 3.63) is 0 Å². The Kier molecular flexibility index (Phi) is 7.82. The van der Waals surface area contributed by atoms with E-state index in [4.69, 9.17) is 4.74 Å². The molecule has 1 rings (SSSR count). The van der Waals surface area contributed by atoms with Crippen LogP contribution in [0.15, 0.2) is 0 Å². The molecule has 17 heavy (non-hydrogen) atoms. The van der Waals surface area contributed by atoms with Crippen LogP contribution in [0.3, 0.4) is 0 Å². The van der Waals surface area contributed by atoms with Gasteiger partial charge in [0, 0.05) is 25.7 Å². The minimum Gasteiger partial charge on any atom is -0.383 e. The van der Waals surface area contributed by atoms with Crippen molar-refractivity contribution in [3.63, 3.8) is 0 Å². The number of likely N-dealkylation sites (N-methyl/N-ethyl adjacent to an activating group) is 1. The molecule has 1 saturated carbocycles. The molecule has 3 heteroatoms. The van der Waals surface area contributed by atoms with Gasteiger partial charge in [-0.1, -0.05) is 26.7 Å². The van der Waals surface area contributed by atoms with E-state index < -0.39 is 0 Å². The highest BCUT2D eigenvalue weighted by atomic mass is 16.5. The molecule has 0 aromatic rings. The van der Waals surface area contributed by atoms with Crippen LogP contribution in [0.1, 0.15) is 46.0 Å². The monoisotopic (exact) mass is 242 g/mol. The van der Waals surface area contributed by atoms with E-state index in [0.717, 1.165) is 25.7 Å². The van der Waals surface area contributed by atoms with E-state index in [0.29, 0.717) is 6.04 Å². The van der Waals surface area contributed by atoms with Gasteiger partial charge in [0.1, 0.15) is 0 Å². The lowest BCUT2D eigenvalue weighted by Crippen LogP contribution is -2.47. The van der Waals surface area contributed by atoms with Gasteiger partial charge in [-0.05, 0) is 32.4 Å². The van der Waals surface area contributed by atoms with Crippen LogP contribution in [0.4, 0.5) is 0 Å². The summed E-state index contributed by atoms with van der Waals surface area (Å²) in [5, 5.41) is 3.59. The highest BCUT2D eigenvalue weighted by molar-refractivity contribution is 4.80. The average molecular weight is 242 g/mol. The third-order valence-electron chi connectivity index (χ3n) is 3.75. The zero-order chi connectivity index (χ0) is 12.5. The zero-order valence-corrected chi connectivity index (χ0v) is 11.9. The van der Waals surface area contributed by atoms with Crippen LogP contribution < -0.4 is 5.32 Å². The molecule has 0 saturated heterocycles. The molecular weight excluding hydrogens is 212 g/mol. The predicted molar refractivity (Wildman–Crippen MR) is 73.5 cm³/mol. The highest BCUT2D eigenvalue weighted by Crippen LogP contribution is 2.23. The Morgan fingerprint density at radius 2 is 2.00 bits per heavy atom. The summed E-state index contributed by atoms with van der Waals surface area (Å²) in [4.78, 5) is 2.64. The van der Waals surface area contributed by atoms with E-state index in [2.05, 4.69) is 24.1 Å². The zero-order valence-electron chi connectivity index (χ0n) is 11.9. The summed E-state index contributed by atoms with van der Waals surface area (Å²) in [5.74, 6) is 0. The normalized spacial score (nSPS) is 19.1. The SMILES string of the molecule is CCCNC(COC)CN(CC)C1CCCC1. The van der Waals surface area contributed by atoms with E-state index in [-0.39, 0.29) is 0 Å². The van der Waals surface area contributed by atoms with Gasteiger partial charge in [-0.25, -0.2) is 0 Å².